The van der Waals surface area contributed by atoms with Crippen molar-refractivity contribution < 1.29 is 4.79 Å². The molecule has 0 heterocycles. The predicted molar refractivity (Wildman–Crippen MR) is 43.5 cm³/mol. The monoisotopic (exact) mass is 138 g/mol. The lowest BCUT2D eigenvalue weighted by Crippen LogP contribution is -1.69. The number of rotatable bonds is 5. The van der Waals surface area contributed by atoms with Crippen LogP contribution in [0.5, 0.6) is 0 Å². The maximum Gasteiger partial charge on any atom is 0.124 e. The summed E-state index contributed by atoms with van der Waals surface area (Å²) in [4.78, 5) is 9.66. The molecule has 0 aromatic carbocycles. The Balaban J connectivity index is 3.10. The fourth-order valence-corrected chi connectivity index (χ4v) is 0.716. The van der Waals surface area contributed by atoms with Gasteiger partial charge in [0.2, 0.25) is 0 Å². The average Bonchev–Trinajstić information content (AvgIpc) is 1.97. The number of carbonyl (C=O) groups excluding carboxylic acids is 1. The molecular formula is C9H14O. The molecule has 0 amide bonds. The maximum absolute atomic E-state index is 9.66. The van der Waals surface area contributed by atoms with Gasteiger partial charge in [-0.3, -0.25) is 0 Å². The Bertz CT molecular complexity index is 130. The molecule has 0 aromatic heterocycles. The molecule has 0 bridgehead atoms. The summed E-state index contributed by atoms with van der Waals surface area (Å²) >= 11 is 0. The van der Waals surface area contributed by atoms with Gasteiger partial charge in [0.25, 0.3) is 0 Å². The van der Waals surface area contributed by atoms with Gasteiger partial charge in [-0.1, -0.05) is 31.9 Å². The molecule has 0 unspecified atom stereocenters. The molecule has 0 N–H and O–H groups in total. The van der Waals surface area contributed by atoms with E-state index in [0.717, 1.165) is 6.42 Å². The van der Waals surface area contributed by atoms with E-state index in [1.54, 1.807) is 12.0 Å². The Labute approximate surface area is 62.4 Å². The molecule has 0 radical (unpaired) electrons. The Hall–Kier alpha value is -0.810. The van der Waals surface area contributed by atoms with Crippen molar-refractivity contribution >= 4 is 5.94 Å². The zero-order chi connectivity index (χ0) is 7.66. The van der Waals surface area contributed by atoms with Gasteiger partial charge in [0.05, 0.1) is 0 Å². The average molecular weight is 138 g/mol. The standard InChI is InChI=1S/C9H14O/c1-2-3-4-5-6-7-8-9-10/h6-8H,2-5H2,1H3. The fourth-order valence-electron chi connectivity index (χ4n) is 0.716. The Kier molecular flexibility index (Phi) is 7.53. The quantitative estimate of drug-likeness (QED) is 0.324. The highest BCUT2D eigenvalue weighted by Crippen LogP contribution is 1.98. The molecule has 0 aromatic rings. The van der Waals surface area contributed by atoms with Crippen LogP contribution in [-0.2, 0) is 4.79 Å². The Morgan fingerprint density at radius 2 is 2.20 bits per heavy atom. The lowest BCUT2D eigenvalue weighted by Gasteiger charge is -1.88. The third-order valence-electron chi connectivity index (χ3n) is 1.27. The van der Waals surface area contributed by atoms with Crippen molar-refractivity contribution in [1.29, 1.82) is 0 Å². The van der Waals surface area contributed by atoms with Crippen molar-refractivity contribution in [1.82, 2.24) is 0 Å². The van der Waals surface area contributed by atoms with Gasteiger partial charge in [0.1, 0.15) is 5.94 Å². The first-order valence-corrected chi connectivity index (χ1v) is 3.77. The number of allylic oxidation sites excluding steroid dienone is 3. The van der Waals surface area contributed by atoms with Crippen LogP contribution in [0.4, 0.5) is 0 Å². The summed E-state index contributed by atoms with van der Waals surface area (Å²) in [6, 6.07) is 0. The van der Waals surface area contributed by atoms with Gasteiger partial charge in [-0.2, -0.15) is 0 Å². The van der Waals surface area contributed by atoms with Crippen molar-refractivity contribution in [3.05, 3.63) is 18.2 Å². The molecule has 1 heteroatoms. The van der Waals surface area contributed by atoms with Gasteiger partial charge in [-0.05, 0) is 12.8 Å². The van der Waals surface area contributed by atoms with E-state index >= 15 is 0 Å². The van der Waals surface area contributed by atoms with E-state index in [4.69, 9.17) is 0 Å². The van der Waals surface area contributed by atoms with Crippen molar-refractivity contribution in [2.24, 2.45) is 0 Å². The van der Waals surface area contributed by atoms with Crippen LogP contribution < -0.4 is 0 Å². The summed E-state index contributed by atoms with van der Waals surface area (Å²) in [6.07, 6.45) is 9.97. The lowest BCUT2D eigenvalue weighted by atomic mass is 10.2. The van der Waals surface area contributed by atoms with E-state index in [9.17, 15) is 4.79 Å². The summed E-state index contributed by atoms with van der Waals surface area (Å²) in [6.45, 7) is 2.18. The predicted octanol–water partition coefficient (Wildman–Crippen LogP) is 2.51. The second-order valence-corrected chi connectivity index (χ2v) is 2.21. The summed E-state index contributed by atoms with van der Waals surface area (Å²) in [5.41, 5.74) is 0. The number of hydrogen-bond donors (Lipinski definition) is 0. The highest BCUT2D eigenvalue weighted by Gasteiger charge is 1.79. The highest BCUT2D eigenvalue weighted by atomic mass is 16.1. The third kappa shape index (κ3) is 7.19. The van der Waals surface area contributed by atoms with Crippen LogP contribution in [0, 0.1) is 0 Å². The number of unbranched alkanes of at least 4 members (excludes halogenated alkanes) is 3. The topological polar surface area (TPSA) is 17.1 Å². The molecule has 0 fully saturated rings. The molecule has 1 nitrogen and oxygen atoms in total. The maximum atomic E-state index is 9.66. The minimum Gasteiger partial charge on any atom is -0.234 e. The molecule has 0 rings (SSSR count). The molecule has 0 atom stereocenters. The molecule has 0 spiro atoms. The van der Waals surface area contributed by atoms with E-state index < -0.39 is 0 Å². The van der Waals surface area contributed by atoms with Crippen molar-refractivity contribution in [3.8, 4) is 0 Å². The largest absolute Gasteiger partial charge is 0.234 e. The molecular weight excluding hydrogens is 124 g/mol. The van der Waals surface area contributed by atoms with Gasteiger partial charge in [-0.25, -0.2) is 4.79 Å². The van der Waals surface area contributed by atoms with Crippen LogP contribution in [0.15, 0.2) is 18.2 Å². The first-order chi connectivity index (χ1) is 4.91. The van der Waals surface area contributed by atoms with E-state index in [1.165, 1.54) is 25.3 Å². The highest BCUT2D eigenvalue weighted by molar-refractivity contribution is 5.48. The van der Waals surface area contributed by atoms with Gasteiger partial charge >= 0.3 is 0 Å². The van der Waals surface area contributed by atoms with Crippen molar-refractivity contribution in [3.63, 3.8) is 0 Å². The molecule has 0 aliphatic heterocycles. The van der Waals surface area contributed by atoms with Gasteiger partial charge in [0, 0.05) is 6.08 Å². The molecule has 0 saturated heterocycles. The summed E-state index contributed by atoms with van der Waals surface area (Å²) in [7, 11) is 0. The zero-order valence-corrected chi connectivity index (χ0v) is 6.47. The SMILES string of the molecule is CCCCCC=CC=C=O. The first-order valence-electron chi connectivity index (χ1n) is 3.77. The second kappa shape index (κ2) is 8.19. The van der Waals surface area contributed by atoms with Crippen LogP contribution in [0.1, 0.15) is 32.6 Å². The normalized spacial score (nSPS) is 9.70. The van der Waals surface area contributed by atoms with E-state index in [1.807, 2.05) is 6.08 Å². The summed E-state index contributed by atoms with van der Waals surface area (Å²) in [5, 5.41) is 0. The Morgan fingerprint density at radius 3 is 2.80 bits per heavy atom. The van der Waals surface area contributed by atoms with Gasteiger partial charge in [0.15, 0.2) is 0 Å². The van der Waals surface area contributed by atoms with E-state index in [-0.39, 0.29) is 0 Å². The molecule has 56 valence electrons. The molecule has 0 aliphatic carbocycles. The van der Waals surface area contributed by atoms with Gasteiger partial charge < -0.3 is 0 Å². The van der Waals surface area contributed by atoms with Crippen LogP contribution >= 0.6 is 0 Å². The Morgan fingerprint density at radius 1 is 1.40 bits per heavy atom. The number of hydrogen-bond acceptors (Lipinski definition) is 1. The van der Waals surface area contributed by atoms with Gasteiger partial charge in [-0.15, -0.1) is 0 Å². The molecule has 10 heavy (non-hydrogen) atoms. The summed E-state index contributed by atoms with van der Waals surface area (Å²) < 4.78 is 0. The second-order valence-electron chi connectivity index (χ2n) is 2.21. The fraction of sp³-hybridized carbons (Fsp3) is 0.556. The molecule has 0 saturated carbocycles. The minimum absolute atomic E-state index is 1.08. The zero-order valence-electron chi connectivity index (χ0n) is 6.47. The molecule has 0 aliphatic rings. The lowest BCUT2D eigenvalue weighted by molar-refractivity contribution is 0.569. The van der Waals surface area contributed by atoms with E-state index in [0.29, 0.717) is 0 Å². The summed E-state index contributed by atoms with van der Waals surface area (Å²) in [5.74, 6) is 1.70. The minimum atomic E-state index is 1.08. The third-order valence-corrected chi connectivity index (χ3v) is 1.27. The smallest absolute Gasteiger partial charge is 0.124 e. The first kappa shape index (κ1) is 9.19. The van der Waals surface area contributed by atoms with E-state index in [2.05, 4.69) is 6.92 Å². The van der Waals surface area contributed by atoms with Crippen LogP contribution in [0.25, 0.3) is 0 Å². The van der Waals surface area contributed by atoms with Crippen molar-refractivity contribution in [2.45, 2.75) is 32.6 Å². The van der Waals surface area contributed by atoms with Crippen LogP contribution in [0.2, 0.25) is 0 Å². The van der Waals surface area contributed by atoms with Crippen molar-refractivity contribution in [2.75, 3.05) is 0 Å². The van der Waals surface area contributed by atoms with Crippen LogP contribution in [0.3, 0.4) is 0 Å². The van der Waals surface area contributed by atoms with Crippen LogP contribution in [-0.4, -0.2) is 5.94 Å².